The number of fused-ring (bicyclic) bond motifs is 3. The SMILES string of the molecule is CCCCOc1ccc(C2=NN3C(C2)c2ccccc2OC3c2ccc(OC(=O)c3ccc(Br)cc3)cc2)cc1. The Bertz CT molecular complexity index is 1520. The van der Waals surface area contributed by atoms with Gasteiger partial charge in [0.25, 0.3) is 0 Å². The molecule has 2 atom stereocenters. The smallest absolute Gasteiger partial charge is 0.343 e. The van der Waals surface area contributed by atoms with Crippen LogP contribution in [0.4, 0.5) is 0 Å². The average molecular weight is 598 g/mol. The molecule has 0 aliphatic carbocycles. The molecule has 0 N–H and O–H groups in total. The molecule has 0 aromatic heterocycles. The molecule has 2 aliphatic heterocycles. The van der Waals surface area contributed by atoms with Gasteiger partial charge in [-0.25, -0.2) is 9.80 Å². The molecular formula is C33H29BrN2O4. The van der Waals surface area contributed by atoms with Gasteiger partial charge in [0.1, 0.15) is 17.2 Å². The highest BCUT2D eigenvalue weighted by Gasteiger charge is 2.40. The van der Waals surface area contributed by atoms with E-state index in [4.69, 9.17) is 19.3 Å². The fraction of sp³-hybridized carbons (Fsp3) is 0.212. The second-order valence-corrected chi connectivity index (χ2v) is 10.8. The van der Waals surface area contributed by atoms with E-state index in [0.29, 0.717) is 11.3 Å². The lowest BCUT2D eigenvalue weighted by Gasteiger charge is -2.38. The molecule has 7 heteroatoms. The minimum Gasteiger partial charge on any atom is -0.494 e. The van der Waals surface area contributed by atoms with Crippen LogP contribution in [0.25, 0.3) is 0 Å². The maximum absolute atomic E-state index is 12.6. The first-order valence-electron chi connectivity index (χ1n) is 13.5. The zero-order chi connectivity index (χ0) is 27.5. The second-order valence-electron chi connectivity index (χ2n) is 9.85. The van der Waals surface area contributed by atoms with E-state index in [2.05, 4.69) is 41.1 Å². The molecule has 202 valence electrons. The Morgan fingerprint density at radius 1 is 0.950 bits per heavy atom. The van der Waals surface area contributed by atoms with Gasteiger partial charge in [-0.05, 0) is 90.8 Å². The van der Waals surface area contributed by atoms with E-state index in [1.807, 2.05) is 59.6 Å². The number of unbranched alkanes of at least 4 members (excludes halogenated alkanes) is 1. The minimum absolute atomic E-state index is 0.0559. The van der Waals surface area contributed by atoms with Crippen molar-refractivity contribution in [1.29, 1.82) is 0 Å². The Balaban J connectivity index is 1.23. The van der Waals surface area contributed by atoms with Crippen LogP contribution in [0.5, 0.6) is 17.2 Å². The van der Waals surface area contributed by atoms with Crippen LogP contribution in [-0.4, -0.2) is 23.3 Å². The zero-order valence-electron chi connectivity index (χ0n) is 22.1. The van der Waals surface area contributed by atoms with Crippen molar-refractivity contribution in [3.8, 4) is 17.2 Å². The summed E-state index contributed by atoms with van der Waals surface area (Å²) < 4.78 is 18.8. The van der Waals surface area contributed by atoms with Crippen LogP contribution in [0.3, 0.4) is 0 Å². The van der Waals surface area contributed by atoms with Crippen LogP contribution in [0.2, 0.25) is 0 Å². The van der Waals surface area contributed by atoms with Gasteiger partial charge in [0, 0.05) is 22.0 Å². The van der Waals surface area contributed by atoms with Crippen LogP contribution in [0.15, 0.2) is 107 Å². The maximum Gasteiger partial charge on any atom is 0.343 e. The van der Waals surface area contributed by atoms with E-state index in [1.165, 1.54) is 0 Å². The number of hydrogen-bond donors (Lipinski definition) is 0. The van der Waals surface area contributed by atoms with Crippen molar-refractivity contribution in [2.75, 3.05) is 6.61 Å². The van der Waals surface area contributed by atoms with Crippen molar-refractivity contribution in [3.05, 3.63) is 124 Å². The summed E-state index contributed by atoms with van der Waals surface area (Å²) >= 11 is 3.38. The molecule has 0 bridgehead atoms. The first kappa shape index (κ1) is 26.1. The zero-order valence-corrected chi connectivity index (χ0v) is 23.7. The Morgan fingerprint density at radius 2 is 1.68 bits per heavy atom. The third kappa shape index (κ3) is 5.47. The molecule has 40 heavy (non-hydrogen) atoms. The summed E-state index contributed by atoms with van der Waals surface area (Å²) in [6, 6.07) is 30.9. The lowest BCUT2D eigenvalue weighted by atomic mass is 9.96. The van der Waals surface area contributed by atoms with Crippen LogP contribution in [0, 0.1) is 0 Å². The molecule has 0 fully saturated rings. The van der Waals surface area contributed by atoms with Gasteiger partial charge in [0.15, 0.2) is 0 Å². The van der Waals surface area contributed by atoms with Crippen LogP contribution < -0.4 is 14.2 Å². The monoisotopic (exact) mass is 596 g/mol. The van der Waals surface area contributed by atoms with Gasteiger partial charge in [-0.15, -0.1) is 0 Å². The third-order valence-corrected chi connectivity index (χ3v) is 7.64. The molecule has 0 saturated carbocycles. The first-order chi connectivity index (χ1) is 19.6. The van der Waals surface area contributed by atoms with Gasteiger partial charge in [-0.1, -0.05) is 47.5 Å². The molecule has 2 aliphatic rings. The Morgan fingerprint density at radius 3 is 2.42 bits per heavy atom. The predicted octanol–water partition coefficient (Wildman–Crippen LogP) is 8.09. The number of para-hydroxylation sites is 1. The molecule has 6 rings (SSSR count). The van der Waals surface area contributed by atoms with Gasteiger partial charge in [0.2, 0.25) is 6.23 Å². The number of esters is 1. The molecule has 6 nitrogen and oxygen atoms in total. The highest BCUT2D eigenvalue weighted by Crippen LogP contribution is 2.47. The molecule has 0 spiro atoms. The van der Waals surface area contributed by atoms with Crippen molar-refractivity contribution >= 4 is 27.6 Å². The number of benzene rings is 4. The average Bonchev–Trinajstić information content (AvgIpc) is 3.44. The van der Waals surface area contributed by atoms with E-state index in [1.54, 1.807) is 24.3 Å². The topological polar surface area (TPSA) is 60.4 Å². The molecule has 0 saturated heterocycles. The summed E-state index contributed by atoms with van der Waals surface area (Å²) in [5.41, 5.74) is 4.62. The molecule has 0 radical (unpaired) electrons. The Labute approximate surface area is 242 Å². The Kier molecular flexibility index (Phi) is 7.55. The maximum atomic E-state index is 12.6. The number of ether oxygens (including phenoxy) is 3. The number of carbonyl (C=O) groups excluding carboxylic acids is 1. The molecule has 0 amide bonds. The van der Waals surface area contributed by atoms with Crippen molar-refractivity contribution < 1.29 is 19.0 Å². The number of rotatable bonds is 8. The lowest BCUT2D eigenvalue weighted by Crippen LogP contribution is -2.33. The van der Waals surface area contributed by atoms with Crippen molar-refractivity contribution in [2.45, 2.75) is 38.5 Å². The quantitative estimate of drug-likeness (QED) is 0.117. The van der Waals surface area contributed by atoms with Gasteiger partial charge < -0.3 is 14.2 Å². The molecule has 4 aromatic rings. The lowest BCUT2D eigenvalue weighted by molar-refractivity contribution is -0.0190. The molecule has 4 aromatic carbocycles. The predicted molar refractivity (Wildman–Crippen MR) is 158 cm³/mol. The summed E-state index contributed by atoms with van der Waals surface area (Å²) in [5.74, 6) is 1.80. The van der Waals surface area contributed by atoms with Gasteiger partial charge in [0.05, 0.1) is 23.9 Å². The third-order valence-electron chi connectivity index (χ3n) is 7.11. The summed E-state index contributed by atoms with van der Waals surface area (Å²) in [6.45, 7) is 2.88. The highest BCUT2D eigenvalue weighted by atomic mass is 79.9. The van der Waals surface area contributed by atoms with E-state index in [9.17, 15) is 4.79 Å². The number of hydrazone groups is 1. The minimum atomic E-state index is -0.412. The van der Waals surface area contributed by atoms with Gasteiger partial charge >= 0.3 is 5.97 Å². The number of carbonyl (C=O) groups is 1. The number of hydrogen-bond acceptors (Lipinski definition) is 6. The Hall–Kier alpha value is -4.10. The molecule has 2 heterocycles. The largest absolute Gasteiger partial charge is 0.494 e. The van der Waals surface area contributed by atoms with Crippen LogP contribution >= 0.6 is 15.9 Å². The number of nitrogens with zero attached hydrogens (tertiary/aromatic N) is 2. The standard InChI is InChI=1S/C33H29BrN2O4/c1-2-3-20-38-26-16-10-22(11-17-26)29-21-30-28-6-4-5-7-31(28)40-32(36(30)35-29)23-12-18-27(19-13-23)39-33(37)24-8-14-25(34)15-9-24/h4-19,30,32H,2-3,20-21H2,1H3. The van der Waals surface area contributed by atoms with E-state index in [0.717, 1.165) is 64.2 Å². The summed E-state index contributed by atoms with van der Waals surface area (Å²) in [6.07, 6.45) is 2.51. The van der Waals surface area contributed by atoms with Crippen LogP contribution in [0.1, 0.15) is 65.5 Å². The van der Waals surface area contributed by atoms with Gasteiger partial charge in [-0.2, -0.15) is 5.10 Å². The fourth-order valence-electron chi connectivity index (χ4n) is 4.96. The van der Waals surface area contributed by atoms with E-state index in [-0.39, 0.29) is 6.04 Å². The second kappa shape index (κ2) is 11.6. The van der Waals surface area contributed by atoms with Crippen molar-refractivity contribution in [2.24, 2.45) is 5.10 Å². The first-order valence-corrected chi connectivity index (χ1v) is 14.3. The summed E-state index contributed by atoms with van der Waals surface area (Å²) in [5, 5.41) is 7.10. The normalized spacial score (nSPS) is 17.4. The van der Waals surface area contributed by atoms with Crippen molar-refractivity contribution in [3.63, 3.8) is 0 Å². The fourth-order valence-corrected chi connectivity index (χ4v) is 5.22. The van der Waals surface area contributed by atoms with Crippen LogP contribution in [-0.2, 0) is 0 Å². The molecule has 2 unspecified atom stereocenters. The van der Waals surface area contributed by atoms with E-state index < -0.39 is 12.2 Å². The highest BCUT2D eigenvalue weighted by molar-refractivity contribution is 9.10. The number of halogens is 1. The molecular weight excluding hydrogens is 568 g/mol. The van der Waals surface area contributed by atoms with Crippen molar-refractivity contribution in [1.82, 2.24) is 5.01 Å². The van der Waals surface area contributed by atoms with Gasteiger partial charge in [-0.3, -0.25) is 0 Å². The summed E-state index contributed by atoms with van der Waals surface area (Å²) in [7, 11) is 0. The summed E-state index contributed by atoms with van der Waals surface area (Å²) in [4.78, 5) is 12.6. The van der Waals surface area contributed by atoms with E-state index >= 15 is 0 Å².